The van der Waals surface area contributed by atoms with Crippen molar-refractivity contribution in [2.75, 3.05) is 0 Å². The van der Waals surface area contributed by atoms with Gasteiger partial charge in [-0.3, -0.25) is 9.68 Å². The highest BCUT2D eigenvalue weighted by atomic mass is 17.2. The number of benzene rings is 1. The molecule has 1 rings (SSSR count). The predicted molar refractivity (Wildman–Crippen MR) is 68.8 cm³/mol. The summed E-state index contributed by atoms with van der Waals surface area (Å²) in [6.45, 7) is 4.93. The predicted octanol–water partition coefficient (Wildman–Crippen LogP) is 0.455. The van der Waals surface area contributed by atoms with E-state index in [1.165, 1.54) is 6.92 Å². The first-order valence-corrected chi connectivity index (χ1v) is 5.58. The first-order valence-electron chi connectivity index (χ1n) is 5.58. The van der Waals surface area contributed by atoms with Gasteiger partial charge in [-0.1, -0.05) is 18.7 Å². The molecule has 6 nitrogen and oxygen atoms in total. The lowest BCUT2D eigenvalue weighted by molar-refractivity contribution is -0.208. The summed E-state index contributed by atoms with van der Waals surface area (Å²) < 4.78 is 0. The number of carbonyl (C=O) groups is 2. The third-order valence-electron chi connectivity index (χ3n) is 2.31. The van der Waals surface area contributed by atoms with Crippen molar-refractivity contribution < 1.29 is 19.4 Å². The van der Waals surface area contributed by atoms with Crippen LogP contribution in [0, 0.1) is 0 Å². The molecule has 0 spiro atoms. The lowest BCUT2D eigenvalue weighted by Gasteiger charge is -2.08. The van der Waals surface area contributed by atoms with Crippen LogP contribution in [0.4, 0.5) is 0 Å². The fourth-order valence-electron chi connectivity index (χ4n) is 1.19. The van der Waals surface area contributed by atoms with Crippen molar-refractivity contribution >= 4 is 11.9 Å². The van der Waals surface area contributed by atoms with Crippen LogP contribution in [0.15, 0.2) is 36.4 Å². The van der Waals surface area contributed by atoms with E-state index in [0.717, 1.165) is 5.56 Å². The second-order valence-electron chi connectivity index (χ2n) is 4.09. The van der Waals surface area contributed by atoms with Crippen molar-refractivity contribution in [3.05, 3.63) is 42.0 Å². The van der Waals surface area contributed by atoms with Crippen molar-refractivity contribution in [2.24, 2.45) is 11.5 Å². The lowest BCUT2D eigenvalue weighted by atomic mass is 10.1. The maximum atomic E-state index is 11.1. The molecule has 0 heterocycles. The molecule has 1 atom stereocenters. The third kappa shape index (κ3) is 4.81. The smallest absolute Gasteiger partial charge is 0.368 e. The summed E-state index contributed by atoms with van der Waals surface area (Å²) in [7, 11) is 0. The Morgan fingerprint density at radius 3 is 2.37 bits per heavy atom. The molecule has 1 aromatic carbocycles. The highest BCUT2D eigenvalue weighted by Crippen LogP contribution is 2.14. The van der Waals surface area contributed by atoms with Gasteiger partial charge in [-0.05, 0) is 31.0 Å². The summed E-state index contributed by atoms with van der Waals surface area (Å²) in [5.41, 5.74) is 11.7. The second-order valence-corrected chi connectivity index (χ2v) is 4.09. The SMILES string of the molecule is C=C(C)C(=O)OOc1ccc(C[C@H](N)C(N)=O)cc1. The molecule has 0 aliphatic carbocycles. The number of hydrogen-bond acceptors (Lipinski definition) is 5. The van der Waals surface area contributed by atoms with Gasteiger partial charge in [-0.25, -0.2) is 9.68 Å². The molecule has 0 bridgehead atoms. The summed E-state index contributed by atoms with van der Waals surface area (Å²) >= 11 is 0. The molecular weight excluding hydrogens is 248 g/mol. The second kappa shape index (κ2) is 6.55. The van der Waals surface area contributed by atoms with Crippen LogP contribution in [0.5, 0.6) is 5.75 Å². The van der Waals surface area contributed by atoms with E-state index in [1.54, 1.807) is 24.3 Å². The van der Waals surface area contributed by atoms with Gasteiger partial charge >= 0.3 is 5.97 Å². The standard InChI is InChI=1S/C13H16N2O4/c1-8(2)13(17)19-18-10-5-3-9(4-6-10)7-11(14)12(15)16/h3-6,11H,1,7,14H2,2H3,(H2,15,16)/t11-/m0/s1. The van der Waals surface area contributed by atoms with E-state index in [4.69, 9.17) is 16.4 Å². The summed E-state index contributed by atoms with van der Waals surface area (Å²) in [4.78, 5) is 31.2. The van der Waals surface area contributed by atoms with Crippen molar-refractivity contribution in [1.82, 2.24) is 0 Å². The quantitative estimate of drug-likeness (QED) is 0.441. The van der Waals surface area contributed by atoms with E-state index in [0.29, 0.717) is 12.2 Å². The first-order chi connectivity index (χ1) is 8.90. The zero-order chi connectivity index (χ0) is 14.4. The minimum atomic E-state index is -0.729. The van der Waals surface area contributed by atoms with E-state index < -0.39 is 17.9 Å². The Labute approximate surface area is 110 Å². The molecule has 6 heteroatoms. The highest BCUT2D eigenvalue weighted by molar-refractivity contribution is 5.86. The summed E-state index contributed by atoms with van der Waals surface area (Å²) in [5.74, 6) is -0.846. The zero-order valence-electron chi connectivity index (χ0n) is 10.6. The van der Waals surface area contributed by atoms with Gasteiger partial charge in [0.15, 0.2) is 5.75 Å². The van der Waals surface area contributed by atoms with E-state index in [-0.39, 0.29) is 5.57 Å². The molecule has 102 valence electrons. The number of amides is 1. The van der Waals surface area contributed by atoms with Crippen LogP contribution in [-0.4, -0.2) is 17.9 Å². The molecule has 0 fully saturated rings. The normalized spacial score (nSPS) is 11.5. The van der Waals surface area contributed by atoms with Crippen LogP contribution in [0.1, 0.15) is 12.5 Å². The first kappa shape index (κ1) is 14.7. The third-order valence-corrected chi connectivity index (χ3v) is 2.31. The molecule has 1 amide bonds. The maximum absolute atomic E-state index is 11.1. The number of nitrogens with two attached hydrogens (primary N) is 2. The minimum Gasteiger partial charge on any atom is -0.368 e. The Kier molecular flexibility index (Phi) is 5.08. The van der Waals surface area contributed by atoms with Gasteiger partial charge in [0.2, 0.25) is 5.91 Å². The molecule has 4 N–H and O–H groups in total. The Balaban J connectivity index is 2.54. The van der Waals surface area contributed by atoms with E-state index in [1.807, 2.05) is 0 Å². The Bertz CT molecular complexity index is 482. The van der Waals surface area contributed by atoms with Gasteiger partial charge in [0.25, 0.3) is 0 Å². The molecule has 0 aliphatic heterocycles. The zero-order valence-corrected chi connectivity index (χ0v) is 10.6. The van der Waals surface area contributed by atoms with Gasteiger partial charge in [-0.2, -0.15) is 0 Å². The lowest BCUT2D eigenvalue weighted by Crippen LogP contribution is -2.38. The van der Waals surface area contributed by atoms with E-state index in [9.17, 15) is 9.59 Å². The van der Waals surface area contributed by atoms with Crippen LogP contribution in [-0.2, 0) is 20.9 Å². The van der Waals surface area contributed by atoms with Crippen LogP contribution in [0.3, 0.4) is 0 Å². The molecule has 0 unspecified atom stereocenters. The Morgan fingerprint density at radius 2 is 1.89 bits per heavy atom. The molecule has 0 saturated heterocycles. The summed E-state index contributed by atoms with van der Waals surface area (Å²) in [6.07, 6.45) is 0.334. The average Bonchev–Trinajstić information content (AvgIpc) is 2.37. The largest absolute Gasteiger partial charge is 0.381 e. The van der Waals surface area contributed by atoms with Gasteiger partial charge < -0.3 is 11.5 Å². The van der Waals surface area contributed by atoms with Crippen molar-refractivity contribution in [3.63, 3.8) is 0 Å². The topological polar surface area (TPSA) is 105 Å². The van der Waals surface area contributed by atoms with E-state index in [2.05, 4.69) is 11.5 Å². The fraction of sp³-hybridized carbons (Fsp3) is 0.231. The van der Waals surface area contributed by atoms with Crippen molar-refractivity contribution in [2.45, 2.75) is 19.4 Å². The van der Waals surface area contributed by atoms with Gasteiger partial charge in [0, 0.05) is 5.57 Å². The minimum absolute atomic E-state index is 0.240. The molecule has 0 radical (unpaired) electrons. The molecule has 0 saturated carbocycles. The fourth-order valence-corrected chi connectivity index (χ4v) is 1.19. The number of primary amides is 1. The van der Waals surface area contributed by atoms with Gasteiger partial charge in [0.1, 0.15) is 0 Å². The van der Waals surface area contributed by atoms with Gasteiger partial charge in [-0.15, -0.1) is 0 Å². The number of rotatable bonds is 6. The van der Waals surface area contributed by atoms with Crippen LogP contribution >= 0.6 is 0 Å². The highest BCUT2D eigenvalue weighted by Gasteiger charge is 2.10. The molecule has 1 aromatic rings. The van der Waals surface area contributed by atoms with Crippen molar-refractivity contribution in [3.8, 4) is 5.75 Å². The van der Waals surface area contributed by atoms with Crippen LogP contribution in [0.25, 0.3) is 0 Å². The summed E-state index contributed by atoms with van der Waals surface area (Å²) in [5, 5.41) is 0. The summed E-state index contributed by atoms with van der Waals surface area (Å²) in [6, 6.07) is 5.86. The van der Waals surface area contributed by atoms with Crippen LogP contribution in [0.2, 0.25) is 0 Å². The monoisotopic (exact) mass is 264 g/mol. The maximum Gasteiger partial charge on any atom is 0.381 e. The Hall–Kier alpha value is -2.34. The molecule has 19 heavy (non-hydrogen) atoms. The molecular formula is C13H16N2O4. The van der Waals surface area contributed by atoms with Crippen LogP contribution < -0.4 is 16.4 Å². The average molecular weight is 264 g/mol. The number of hydrogen-bond donors (Lipinski definition) is 2. The van der Waals surface area contributed by atoms with Gasteiger partial charge in [0.05, 0.1) is 6.04 Å². The van der Waals surface area contributed by atoms with Crippen molar-refractivity contribution in [1.29, 1.82) is 0 Å². The van der Waals surface area contributed by atoms with E-state index >= 15 is 0 Å². The Morgan fingerprint density at radius 1 is 1.32 bits per heavy atom. The number of carbonyl (C=O) groups excluding carboxylic acids is 2. The molecule has 0 aliphatic rings. The molecule has 0 aromatic heterocycles.